The molecule has 1 N–H and O–H groups in total. The number of pyridine rings is 1. The molecular weight excluding hydrogens is 482 g/mol. The van der Waals surface area contributed by atoms with Crippen LogP contribution < -0.4 is 9.64 Å². The Morgan fingerprint density at radius 2 is 2.18 bits per heavy atom. The molecule has 0 amide bonds. The molecule has 1 aliphatic heterocycles. The molecule has 7 heteroatoms. The third-order valence-corrected chi connectivity index (χ3v) is 6.83. The molecule has 6 nitrogen and oxygen atoms in total. The summed E-state index contributed by atoms with van der Waals surface area (Å²) in [5.41, 5.74) is 4.60. The summed E-state index contributed by atoms with van der Waals surface area (Å²) in [5.74, 6) is 0.730. The van der Waals surface area contributed by atoms with Crippen LogP contribution in [-0.4, -0.2) is 15.9 Å². The average Bonchev–Trinajstić information content (AvgIpc) is 2.79. The number of aromatic nitrogens is 1. The number of benzene rings is 1. The van der Waals surface area contributed by atoms with Crippen molar-refractivity contribution < 1.29 is 14.6 Å². The Hall–Kier alpha value is -3.11. The van der Waals surface area contributed by atoms with E-state index >= 15 is 0 Å². The van der Waals surface area contributed by atoms with Crippen molar-refractivity contribution in [1.29, 1.82) is 5.26 Å². The molecule has 1 unspecified atom stereocenters. The van der Waals surface area contributed by atoms with E-state index in [9.17, 15) is 15.2 Å². The summed E-state index contributed by atoms with van der Waals surface area (Å²) in [4.78, 5) is 19.0. The first kappa shape index (κ1) is 23.1. The molecule has 2 heterocycles. The number of nitrogens with zero attached hydrogens (tertiary/aromatic N) is 3. The van der Waals surface area contributed by atoms with Gasteiger partial charge < -0.3 is 14.7 Å². The lowest BCUT2D eigenvalue weighted by molar-refractivity contribution is -0.117. The Morgan fingerprint density at radius 1 is 1.36 bits per heavy atom. The summed E-state index contributed by atoms with van der Waals surface area (Å²) >= 11 is 3.54. The minimum Gasteiger partial charge on any atom is -0.504 e. The van der Waals surface area contributed by atoms with Crippen molar-refractivity contribution >= 4 is 27.4 Å². The predicted octanol–water partition coefficient (Wildman–Crippen LogP) is 6.17. The molecule has 2 aliphatic rings. The van der Waals surface area contributed by atoms with Gasteiger partial charge in [-0.05, 0) is 53.7 Å². The maximum absolute atomic E-state index is 13.0. The van der Waals surface area contributed by atoms with Gasteiger partial charge in [0.25, 0.3) is 0 Å². The number of nitriles is 1. The number of aromatic hydroxyl groups is 1. The zero-order chi connectivity index (χ0) is 23.5. The third-order valence-electron chi connectivity index (χ3n) is 6.24. The molecule has 0 fully saturated rings. The molecule has 33 heavy (non-hydrogen) atoms. The fraction of sp³-hybridized carbons (Fsp3) is 0.346. The highest BCUT2D eigenvalue weighted by molar-refractivity contribution is 9.10. The van der Waals surface area contributed by atoms with Crippen LogP contribution in [0.5, 0.6) is 11.5 Å². The first-order chi connectivity index (χ1) is 15.9. The number of halogens is 1. The van der Waals surface area contributed by atoms with Gasteiger partial charge in [0.05, 0.1) is 21.8 Å². The van der Waals surface area contributed by atoms with Crippen LogP contribution in [0.25, 0.3) is 0 Å². The zero-order valence-corrected chi connectivity index (χ0v) is 20.4. The highest BCUT2D eigenvalue weighted by Crippen LogP contribution is 2.46. The normalized spacial score (nSPS) is 18.3. The SMILES string of the molecule is CCCC1CC(=O)C2=C(C1)N(c1cc(O)c(OCc3cccnc3)c(Br)c1)C(C)=C(C#N)C2. The summed E-state index contributed by atoms with van der Waals surface area (Å²) < 4.78 is 6.44. The highest BCUT2D eigenvalue weighted by Gasteiger charge is 2.35. The fourth-order valence-electron chi connectivity index (χ4n) is 4.64. The molecule has 4 rings (SSSR count). The summed E-state index contributed by atoms with van der Waals surface area (Å²) in [5, 5.41) is 20.5. The Bertz CT molecular complexity index is 1160. The average molecular weight is 508 g/mol. The van der Waals surface area contributed by atoms with Gasteiger partial charge in [-0.2, -0.15) is 5.26 Å². The maximum Gasteiger partial charge on any atom is 0.175 e. The van der Waals surface area contributed by atoms with Gasteiger partial charge in [-0.25, -0.2) is 0 Å². The summed E-state index contributed by atoms with van der Waals surface area (Å²) in [7, 11) is 0. The fourth-order valence-corrected chi connectivity index (χ4v) is 5.19. The lowest BCUT2D eigenvalue weighted by Gasteiger charge is -2.39. The summed E-state index contributed by atoms with van der Waals surface area (Å²) in [6.07, 6.45) is 7.11. The first-order valence-corrected chi connectivity index (χ1v) is 11.9. The quantitative estimate of drug-likeness (QED) is 0.502. The van der Waals surface area contributed by atoms with Crippen molar-refractivity contribution in [3.8, 4) is 17.6 Å². The molecule has 0 saturated carbocycles. The lowest BCUT2D eigenvalue weighted by atomic mass is 9.79. The number of ketones is 1. The number of rotatable bonds is 6. The molecule has 0 spiro atoms. The number of carbonyl (C=O) groups excluding carboxylic acids is 1. The minimum absolute atomic E-state index is 0.0189. The minimum atomic E-state index is -0.0189. The van der Waals surface area contributed by atoms with E-state index in [0.717, 1.165) is 41.8 Å². The van der Waals surface area contributed by atoms with Gasteiger partial charge in [-0.3, -0.25) is 9.78 Å². The zero-order valence-electron chi connectivity index (χ0n) is 18.8. The van der Waals surface area contributed by atoms with Crippen molar-refractivity contribution in [2.24, 2.45) is 5.92 Å². The van der Waals surface area contributed by atoms with Crippen LogP contribution in [0, 0.1) is 17.2 Å². The molecule has 1 aliphatic carbocycles. The second-order valence-corrected chi connectivity index (χ2v) is 9.38. The molecule has 170 valence electrons. The number of ether oxygens (including phenoxy) is 1. The van der Waals surface area contributed by atoms with Crippen LogP contribution in [0.15, 0.2) is 63.7 Å². The Kier molecular flexibility index (Phi) is 6.85. The molecular formula is C26H26BrN3O3. The summed E-state index contributed by atoms with van der Waals surface area (Å²) in [6.45, 7) is 4.29. The van der Waals surface area contributed by atoms with Crippen molar-refractivity contribution in [3.05, 3.63) is 69.2 Å². The number of phenolic OH excluding ortho intramolecular Hbond substituents is 1. The van der Waals surface area contributed by atoms with E-state index < -0.39 is 0 Å². The van der Waals surface area contributed by atoms with Crippen LogP contribution in [0.2, 0.25) is 0 Å². The molecule has 0 radical (unpaired) electrons. The van der Waals surface area contributed by atoms with Gasteiger partial charge in [0.1, 0.15) is 6.61 Å². The molecule has 1 atom stereocenters. The largest absolute Gasteiger partial charge is 0.504 e. The second-order valence-electron chi connectivity index (χ2n) is 8.53. The van der Waals surface area contributed by atoms with Gasteiger partial charge in [0, 0.05) is 53.8 Å². The van der Waals surface area contributed by atoms with Crippen LogP contribution in [0.4, 0.5) is 5.69 Å². The van der Waals surface area contributed by atoms with E-state index in [2.05, 4.69) is 33.9 Å². The molecule has 2 aromatic rings. The monoisotopic (exact) mass is 507 g/mol. The first-order valence-electron chi connectivity index (χ1n) is 11.1. The summed E-state index contributed by atoms with van der Waals surface area (Å²) in [6, 6.07) is 9.49. The van der Waals surface area contributed by atoms with Crippen molar-refractivity contribution in [2.45, 2.75) is 52.6 Å². The smallest absolute Gasteiger partial charge is 0.175 e. The van der Waals surface area contributed by atoms with Gasteiger partial charge in [-0.15, -0.1) is 0 Å². The van der Waals surface area contributed by atoms with E-state index in [1.54, 1.807) is 18.5 Å². The van der Waals surface area contributed by atoms with E-state index in [-0.39, 0.29) is 18.1 Å². The molecule has 0 saturated heterocycles. The molecule has 0 bridgehead atoms. The third kappa shape index (κ3) is 4.67. The Labute approximate surface area is 202 Å². The number of allylic oxidation sites excluding steroid dienone is 4. The van der Waals surface area contributed by atoms with Crippen molar-refractivity contribution in [1.82, 2.24) is 4.98 Å². The highest BCUT2D eigenvalue weighted by atomic mass is 79.9. The Morgan fingerprint density at radius 3 is 2.85 bits per heavy atom. The van der Waals surface area contributed by atoms with Gasteiger partial charge in [-0.1, -0.05) is 19.4 Å². The van der Waals surface area contributed by atoms with Crippen LogP contribution >= 0.6 is 15.9 Å². The second kappa shape index (κ2) is 9.80. The molecule has 1 aromatic heterocycles. The van der Waals surface area contributed by atoms with Crippen LogP contribution in [-0.2, 0) is 11.4 Å². The predicted molar refractivity (Wildman–Crippen MR) is 129 cm³/mol. The Balaban J connectivity index is 1.70. The van der Waals surface area contributed by atoms with E-state index in [1.165, 1.54) is 0 Å². The number of anilines is 1. The van der Waals surface area contributed by atoms with E-state index in [0.29, 0.717) is 40.2 Å². The van der Waals surface area contributed by atoms with Crippen molar-refractivity contribution in [3.63, 3.8) is 0 Å². The van der Waals surface area contributed by atoms with Crippen LogP contribution in [0.3, 0.4) is 0 Å². The number of phenols is 1. The van der Waals surface area contributed by atoms with E-state index in [4.69, 9.17) is 4.74 Å². The number of Topliss-reactive ketones (excluding diaryl/α,β-unsaturated/α-hetero) is 1. The van der Waals surface area contributed by atoms with Crippen molar-refractivity contribution in [2.75, 3.05) is 4.90 Å². The lowest BCUT2D eigenvalue weighted by Crippen LogP contribution is -2.34. The van der Waals surface area contributed by atoms with Crippen LogP contribution in [0.1, 0.15) is 51.5 Å². The number of hydrogen-bond acceptors (Lipinski definition) is 6. The van der Waals surface area contributed by atoms with Gasteiger partial charge in [0.15, 0.2) is 17.3 Å². The van der Waals surface area contributed by atoms with Gasteiger partial charge >= 0.3 is 0 Å². The van der Waals surface area contributed by atoms with E-state index in [1.807, 2.05) is 30.0 Å². The van der Waals surface area contributed by atoms with Gasteiger partial charge in [0.2, 0.25) is 0 Å². The standard InChI is InChI=1S/C26H26BrN3O3/c1-3-5-17-8-23-21(24(31)9-17)10-19(13-28)16(2)30(23)20-11-22(27)26(25(32)12-20)33-15-18-6-4-7-29-14-18/h4,6-7,11-12,14,17,32H,3,5,8-10,15H2,1-2H3. The topological polar surface area (TPSA) is 86.5 Å². The number of hydrogen-bond donors (Lipinski definition) is 1. The maximum atomic E-state index is 13.0. The number of carbonyl (C=O) groups is 1. The molecule has 1 aromatic carbocycles.